The molecule has 0 radical (unpaired) electrons. The van der Waals surface area contributed by atoms with Crippen molar-refractivity contribution in [3.63, 3.8) is 0 Å². The molecule has 0 aliphatic rings. The van der Waals surface area contributed by atoms with Crippen LogP contribution in [0.1, 0.15) is 58.5 Å². The van der Waals surface area contributed by atoms with E-state index >= 15 is 0 Å². The average molecular weight is 503 g/mol. The van der Waals surface area contributed by atoms with Crippen LogP contribution in [0.3, 0.4) is 0 Å². The Morgan fingerprint density at radius 3 is 1.92 bits per heavy atom. The molecule has 7 nitrogen and oxygen atoms in total. The molecule has 1 amide bonds. The fourth-order valence-electron chi connectivity index (χ4n) is 4.11. The SMILES string of the molecule is CCOC(=O)c1ccc(-c2ccc(C(CNC(=O)c3ccc(CC(N)C(=O)O)cc3)C(C)C)cc2)cc1. The van der Waals surface area contributed by atoms with Gasteiger partial charge in [0.25, 0.3) is 5.91 Å². The number of carboxylic acid groups (broad SMARTS) is 1. The first-order valence-electron chi connectivity index (χ1n) is 12.4. The maximum atomic E-state index is 12.7. The molecule has 0 fully saturated rings. The first-order valence-corrected chi connectivity index (χ1v) is 12.4. The van der Waals surface area contributed by atoms with Crippen molar-refractivity contribution in [2.75, 3.05) is 13.2 Å². The van der Waals surface area contributed by atoms with Crippen LogP contribution in [0.4, 0.5) is 0 Å². The Bertz CT molecular complexity index is 1200. The monoisotopic (exact) mass is 502 g/mol. The lowest BCUT2D eigenvalue weighted by Crippen LogP contribution is -2.32. The third kappa shape index (κ3) is 7.51. The Kier molecular flexibility index (Phi) is 9.57. The minimum Gasteiger partial charge on any atom is -0.480 e. The van der Waals surface area contributed by atoms with E-state index in [1.165, 1.54) is 0 Å². The van der Waals surface area contributed by atoms with Crippen LogP contribution in [0.5, 0.6) is 0 Å². The molecule has 0 heterocycles. The fourth-order valence-corrected chi connectivity index (χ4v) is 4.11. The Morgan fingerprint density at radius 1 is 0.865 bits per heavy atom. The van der Waals surface area contributed by atoms with Gasteiger partial charge in [-0.05, 0) is 65.8 Å². The van der Waals surface area contributed by atoms with Crippen LogP contribution in [0.25, 0.3) is 11.1 Å². The fraction of sp³-hybridized carbons (Fsp3) is 0.300. The van der Waals surface area contributed by atoms with Gasteiger partial charge in [0.1, 0.15) is 6.04 Å². The van der Waals surface area contributed by atoms with Gasteiger partial charge in [0.2, 0.25) is 0 Å². The lowest BCUT2D eigenvalue weighted by atomic mass is 9.87. The van der Waals surface area contributed by atoms with Crippen LogP contribution < -0.4 is 11.1 Å². The summed E-state index contributed by atoms with van der Waals surface area (Å²) in [6.45, 7) is 6.85. The van der Waals surface area contributed by atoms with Crippen molar-refractivity contribution >= 4 is 17.8 Å². The number of nitrogens with two attached hydrogens (primary N) is 1. The summed E-state index contributed by atoms with van der Waals surface area (Å²) in [4.78, 5) is 35.6. The van der Waals surface area contributed by atoms with Gasteiger partial charge in [-0.25, -0.2) is 4.79 Å². The van der Waals surface area contributed by atoms with E-state index in [-0.39, 0.29) is 24.2 Å². The first-order chi connectivity index (χ1) is 17.7. The van der Waals surface area contributed by atoms with Crippen LogP contribution in [0, 0.1) is 5.92 Å². The zero-order valence-electron chi connectivity index (χ0n) is 21.4. The van der Waals surface area contributed by atoms with E-state index in [0.717, 1.165) is 22.3 Å². The molecule has 0 aliphatic heterocycles. The zero-order valence-corrected chi connectivity index (χ0v) is 21.4. The standard InChI is InChI=1S/C30H34N2O5/c1-4-37-30(36)25-15-11-22(12-16-25)21-9-13-23(14-10-21)26(19(2)3)18-32-28(33)24-7-5-20(6-8-24)17-27(31)29(34)35/h5-16,19,26-27H,4,17-18,31H2,1-3H3,(H,32,33)(H,34,35). The van der Waals surface area contributed by atoms with Gasteiger partial charge in [-0.15, -0.1) is 0 Å². The number of carbonyl (C=O) groups excluding carboxylic acids is 2. The van der Waals surface area contributed by atoms with E-state index in [2.05, 4.69) is 31.3 Å². The zero-order chi connectivity index (χ0) is 26.9. The quantitative estimate of drug-likeness (QED) is 0.328. The van der Waals surface area contributed by atoms with E-state index < -0.39 is 12.0 Å². The molecule has 0 aromatic heterocycles. The molecular weight excluding hydrogens is 468 g/mol. The van der Waals surface area contributed by atoms with Gasteiger partial charge in [0.05, 0.1) is 12.2 Å². The summed E-state index contributed by atoms with van der Waals surface area (Å²) in [5.74, 6) is -1.14. The van der Waals surface area contributed by atoms with E-state index in [0.29, 0.717) is 30.2 Å². The number of carboxylic acids is 1. The number of nitrogens with one attached hydrogen (secondary N) is 1. The van der Waals surface area contributed by atoms with Crippen molar-refractivity contribution in [1.29, 1.82) is 0 Å². The topological polar surface area (TPSA) is 119 Å². The summed E-state index contributed by atoms with van der Waals surface area (Å²) < 4.78 is 5.04. The number of amides is 1. The molecule has 37 heavy (non-hydrogen) atoms. The number of rotatable bonds is 11. The summed E-state index contributed by atoms with van der Waals surface area (Å²) in [5.41, 5.74) is 10.5. The maximum Gasteiger partial charge on any atom is 0.338 e. The van der Waals surface area contributed by atoms with E-state index in [9.17, 15) is 14.4 Å². The highest BCUT2D eigenvalue weighted by Gasteiger charge is 2.18. The number of esters is 1. The van der Waals surface area contributed by atoms with Crippen LogP contribution >= 0.6 is 0 Å². The number of hydrogen-bond donors (Lipinski definition) is 3. The van der Waals surface area contributed by atoms with Crippen molar-refractivity contribution in [1.82, 2.24) is 5.32 Å². The van der Waals surface area contributed by atoms with Gasteiger partial charge in [-0.2, -0.15) is 0 Å². The second-order valence-electron chi connectivity index (χ2n) is 9.33. The van der Waals surface area contributed by atoms with Crippen molar-refractivity contribution < 1.29 is 24.2 Å². The number of benzene rings is 3. The number of carbonyl (C=O) groups is 3. The van der Waals surface area contributed by atoms with Crippen molar-refractivity contribution in [3.05, 3.63) is 95.1 Å². The molecule has 7 heteroatoms. The highest BCUT2D eigenvalue weighted by atomic mass is 16.5. The highest BCUT2D eigenvalue weighted by molar-refractivity contribution is 5.94. The van der Waals surface area contributed by atoms with Crippen LogP contribution in [-0.2, 0) is 16.0 Å². The largest absolute Gasteiger partial charge is 0.480 e. The summed E-state index contributed by atoms with van der Waals surface area (Å²) in [5, 5.41) is 12.0. The molecule has 194 valence electrons. The van der Waals surface area contributed by atoms with Gasteiger partial charge in [-0.1, -0.05) is 62.4 Å². The average Bonchev–Trinajstić information content (AvgIpc) is 2.89. The molecule has 0 saturated heterocycles. The third-order valence-corrected chi connectivity index (χ3v) is 6.34. The summed E-state index contributed by atoms with van der Waals surface area (Å²) in [6.07, 6.45) is 0.207. The predicted molar refractivity (Wildman–Crippen MR) is 144 cm³/mol. The summed E-state index contributed by atoms with van der Waals surface area (Å²) in [6, 6.07) is 21.5. The molecule has 0 spiro atoms. The Hall–Kier alpha value is -3.97. The third-order valence-electron chi connectivity index (χ3n) is 6.34. The predicted octanol–water partition coefficient (Wildman–Crippen LogP) is 4.65. The molecule has 0 saturated carbocycles. The second kappa shape index (κ2) is 12.8. The molecular formula is C30H34N2O5. The van der Waals surface area contributed by atoms with E-state index in [4.69, 9.17) is 15.6 Å². The van der Waals surface area contributed by atoms with Gasteiger partial charge in [-0.3, -0.25) is 9.59 Å². The molecule has 0 bridgehead atoms. The second-order valence-corrected chi connectivity index (χ2v) is 9.33. The lowest BCUT2D eigenvalue weighted by molar-refractivity contribution is -0.138. The maximum absolute atomic E-state index is 12.7. The number of hydrogen-bond acceptors (Lipinski definition) is 5. The van der Waals surface area contributed by atoms with Gasteiger partial charge in [0.15, 0.2) is 0 Å². The Balaban J connectivity index is 1.63. The molecule has 4 N–H and O–H groups in total. The summed E-state index contributed by atoms with van der Waals surface area (Å²) in [7, 11) is 0. The molecule has 3 rings (SSSR count). The Morgan fingerprint density at radius 2 is 1.41 bits per heavy atom. The van der Waals surface area contributed by atoms with Gasteiger partial charge < -0.3 is 20.9 Å². The Labute approximate surface area is 217 Å². The van der Waals surface area contributed by atoms with Crippen molar-refractivity contribution in [3.8, 4) is 11.1 Å². The minimum absolute atomic E-state index is 0.122. The van der Waals surface area contributed by atoms with Crippen LogP contribution in [0.15, 0.2) is 72.8 Å². The highest BCUT2D eigenvalue weighted by Crippen LogP contribution is 2.27. The lowest BCUT2D eigenvalue weighted by Gasteiger charge is -2.22. The van der Waals surface area contributed by atoms with Gasteiger partial charge in [0, 0.05) is 18.0 Å². The summed E-state index contributed by atoms with van der Waals surface area (Å²) >= 11 is 0. The van der Waals surface area contributed by atoms with Gasteiger partial charge >= 0.3 is 11.9 Å². The molecule has 0 aliphatic carbocycles. The first kappa shape index (κ1) is 27.6. The van der Waals surface area contributed by atoms with Crippen LogP contribution in [0.2, 0.25) is 0 Å². The van der Waals surface area contributed by atoms with E-state index in [1.807, 2.05) is 24.3 Å². The molecule has 2 unspecified atom stereocenters. The normalized spacial score (nSPS) is 12.6. The number of aliphatic carboxylic acids is 1. The minimum atomic E-state index is -1.05. The molecule has 3 aromatic carbocycles. The van der Waals surface area contributed by atoms with E-state index in [1.54, 1.807) is 43.3 Å². The molecule has 2 atom stereocenters. The smallest absolute Gasteiger partial charge is 0.338 e. The van der Waals surface area contributed by atoms with Crippen molar-refractivity contribution in [2.45, 2.75) is 39.2 Å². The number of ether oxygens (including phenoxy) is 1. The van der Waals surface area contributed by atoms with Crippen molar-refractivity contribution in [2.24, 2.45) is 11.7 Å². The molecule has 3 aromatic rings. The van der Waals surface area contributed by atoms with Crippen LogP contribution in [-0.4, -0.2) is 42.1 Å².